The number of rotatable bonds is 2. The molecule has 1 aromatic carbocycles. The minimum Gasteiger partial charge on any atom is -0.273 e. The first kappa shape index (κ1) is 16.5. The highest BCUT2D eigenvalue weighted by molar-refractivity contribution is 8.02. The van der Waals surface area contributed by atoms with Gasteiger partial charge in [0.05, 0.1) is 10.6 Å². The smallest absolute Gasteiger partial charge is 0.267 e. The van der Waals surface area contributed by atoms with Crippen molar-refractivity contribution in [1.82, 2.24) is 4.31 Å². The van der Waals surface area contributed by atoms with Crippen molar-refractivity contribution in [2.24, 2.45) is 0 Å². The molecule has 0 spiro atoms. The predicted molar refractivity (Wildman–Crippen MR) is 82.0 cm³/mol. The van der Waals surface area contributed by atoms with E-state index in [1.165, 1.54) is 24.3 Å². The lowest BCUT2D eigenvalue weighted by molar-refractivity contribution is -0.123. The van der Waals surface area contributed by atoms with E-state index in [4.69, 9.17) is 46.4 Å². The van der Waals surface area contributed by atoms with Gasteiger partial charge in [-0.2, -0.15) is 0 Å². The summed E-state index contributed by atoms with van der Waals surface area (Å²) < 4.78 is 23.7. The third-order valence-electron chi connectivity index (χ3n) is 2.47. The predicted octanol–water partition coefficient (Wildman–Crippen LogP) is 3.30. The molecule has 0 N–H and O–H groups in total. The summed E-state index contributed by atoms with van der Waals surface area (Å²) >= 11 is 23.9. The maximum atomic E-state index is 12.5. The van der Waals surface area contributed by atoms with E-state index in [-0.39, 0.29) is 10.6 Å². The largest absolute Gasteiger partial charge is 0.273 e. The first-order chi connectivity index (χ1) is 9.14. The first-order valence-electron chi connectivity index (χ1n) is 5.15. The summed E-state index contributed by atoms with van der Waals surface area (Å²) in [7, 11) is -4.09. The lowest BCUT2D eigenvalue weighted by Gasteiger charge is -2.28. The van der Waals surface area contributed by atoms with Crippen molar-refractivity contribution in [2.45, 2.75) is 14.1 Å². The number of halogens is 4. The normalized spacial score (nSPS) is 20.5. The molecule has 20 heavy (non-hydrogen) atoms. The number of amides is 1. The number of benzene rings is 1. The molecule has 0 aromatic heterocycles. The second kappa shape index (κ2) is 5.74. The monoisotopic (exact) mass is 393 g/mol. The molecule has 2 rings (SSSR count). The Hall–Kier alpha value is 0.150. The topological polar surface area (TPSA) is 54.5 Å². The SMILES string of the molecule is O=C1CSC(C(Cl)(Cl)Cl)N1S(=O)(=O)c1ccc(Cl)cc1. The Morgan fingerprint density at radius 1 is 1.20 bits per heavy atom. The van der Waals surface area contributed by atoms with Crippen molar-refractivity contribution in [3.05, 3.63) is 29.3 Å². The van der Waals surface area contributed by atoms with Gasteiger partial charge in [0.25, 0.3) is 10.0 Å². The third-order valence-corrected chi connectivity index (χ3v) is 6.96. The van der Waals surface area contributed by atoms with Gasteiger partial charge >= 0.3 is 0 Å². The zero-order chi connectivity index (χ0) is 15.1. The molecule has 1 atom stereocenters. The maximum Gasteiger partial charge on any atom is 0.267 e. The number of carbonyl (C=O) groups excluding carboxylic acids is 1. The van der Waals surface area contributed by atoms with Gasteiger partial charge in [-0.05, 0) is 24.3 Å². The van der Waals surface area contributed by atoms with Crippen LogP contribution in [0.4, 0.5) is 0 Å². The van der Waals surface area contributed by atoms with Gasteiger partial charge in [0.2, 0.25) is 9.70 Å². The highest BCUT2D eigenvalue weighted by Gasteiger charge is 2.50. The van der Waals surface area contributed by atoms with Crippen LogP contribution >= 0.6 is 58.2 Å². The number of hydrogen-bond acceptors (Lipinski definition) is 4. The molecule has 1 fully saturated rings. The maximum absolute atomic E-state index is 12.5. The van der Waals surface area contributed by atoms with Crippen molar-refractivity contribution in [2.75, 3.05) is 5.75 Å². The number of alkyl halides is 3. The summed E-state index contributed by atoms with van der Waals surface area (Å²) in [4.78, 5) is 11.8. The van der Waals surface area contributed by atoms with Crippen molar-refractivity contribution in [3.63, 3.8) is 0 Å². The van der Waals surface area contributed by atoms with Crippen LogP contribution in [0.5, 0.6) is 0 Å². The summed E-state index contributed by atoms with van der Waals surface area (Å²) in [5.41, 5.74) is 0. The van der Waals surface area contributed by atoms with Gasteiger partial charge in [-0.25, -0.2) is 12.7 Å². The van der Waals surface area contributed by atoms with Crippen LogP contribution in [-0.2, 0) is 14.8 Å². The number of sulfonamides is 1. The van der Waals surface area contributed by atoms with Gasteiger partial charge in [0.15, 0.2) is 0 Å². The van der Waals surface area contributed by atoms with Gasteiger partial charge in [0.1, 0.15) is 5.37 Å². The minimum absolute atomic E-state index is 0.0641. The fraction of sp³-hybridized carbons (Fsp3) is 0.300. The second-order valence-corrected chi connectivity index (χ2v) is 9.54. The highest BCUT2D eigenvalue weighted by atomic mass is 35.6. The fourth-order valence-corrected chi connectivity index (χ4v) is 5.71. The quantitative estimate of drug-likeness (QED) is 0.722. The first-order valence-corrected chi connectivity index (χ1v) is 9.15. The van der Waals surface area contributed by atoms with Gasteiger partial charge in [-0.15, -0.1) is 11.8 Å². The van der Waals surface area contributed by atoms with Crippen LogP contribution in [-0.4, -0.2) is 33.5 Å². The van der Waals surface area contributed by atoms with Crippen LogP contribution in [0.3, 0.4) is 0 Å². The molecular formula is C10H7Cl4NO3S2. The van der Waals surface area contributed by atoms with Crippen LogP contribution in [0, 0.1) is 0 Å². The van der Waals surface area contributed by atoms with Crippen LogP contribution in [0.1, 0.15) is 0 Å². The molecular weight excluding hydrogens is 388 g/mol. The Bertz CT molecular complexity index is 627. The van der Waals surface area contributed by atoms with E-state index in [1.54, 1.807) is 0 Å². The van der Waals surface area contributed by atoms with Gasteiger partial charge < -0.3 is 0 Å². The fourth-order valence-electron chi connectivity index (χ4n) is 1.62. The van der Waals surface area contributed by atoms with Crippen molar-refractivity contribution in [3.8, 4) is 0 Å². The number of nitrogens with zero attached hydrogens (tertiary/aromatic N) is 1. The molecule has 1 heterocycles. The Morgan fingerprint density at radius 3 is 2.25 bits per heavy atom. The molecule has 4 nitrogen and oxygen atoms in total. The standard InChI is InChI=1S/C10H7Cl4NO3S2/c11-6-1-3-7(4-2-6)20(17,18)15-8(16)5-19-9(15)10(12,13)14/h1-4,9H,5H2. The van der Waals surface area contributed by atoms with E-state index in [0.29, 0.717) is 9.33 Å². The van der Waals surface area contributed by atoms with E-state index in [0.717, 1.165) is 11.8 Å². The van der Waals surface area contributed by atoms with Gasteiger partial charge in [-0.3, -0.25) is 4.79 Å². The zero-order valence-electron chi connectivity index (χ0n) is 9.59. The lowest BCUT2D eigenvalue weighted by atomic mass is 10.4. The highest BCUT2D eigenvalue weighted by Crippen LogP contribution is 2.45. The molecule has 110 valence electrons. The molecule has 1 aliphatic rings. The Balaban J connectivity index is 2.46. The molecule has 1 amide bonds. The molecule has 0 saturated carbocycles. The minimum atomic E-state index is -4.09. The van der Waals surface area contributed by atoms with Crippen LogP contribution in [0.15, 0.2) is 29.2 Å². The molecule has 0 aliphatic carbocycles. The Labute approximate surface area is 140 Å². The molecule has 0 radical (unpaired) electrons. The Kier molecular flexibility index (Phi) is 4.74. The zero-order valence-corrected chi connectivity index (χ0v) is 14.3. The number of carbonyl (C=O) groups is 1. The molecule has 1 saturated heterocycles. The molecule has 10 heteroatoms. The lowest BCUT2D eigenvalue weighted by Crippen LogP contribution is -2.44. The van der Waals surface area contributed by atoms with E-state index in [1.807, 2.05) is 0 Å². The van der Waals surface area contributed by atoms with Crippen LogP contribution in [0.25, 0.3) is 0 Å². The molecule has 1 unspecified atom stereocenters. The van der Waals surface area contributed by atoms with Crippen LogP contribution in [0.2, 0.25) is 5.02 Å². The van der Waals surface area contributed by atoms with Gasteiger partial charge in [-0.1, -0.05) is 46.4 Å². The third kappa shape index (κ3) is 3.15. The Morgan fingerprint density at radius 2 is 1.75 bits per heavy atom. The molecule has 1 aromatic rings. The van der Waals surface area contributed by atoms with Crippen LogP contribution < -0.4 is 0 Å². The summed E-state index contributed by atoms with van der Waals surface area (Å²) in [6, 6.07) is 5.41. The van der Waals surface area contributed by atoms with Crippen molar-refractivity contribution < 1.29 is 13.2 Å². The van der Waals surface area contributed by atoms with E-state index < -0.39 is 25.1 Å². The summed E-state index contributed by atoms with van der Waals surface area (Å²) in [5, 5.41) is -0.718. The van der Waals surface area contributed by atoms with Gasteiger partial charge in [0, 0.05) is 5.02 Å². The van der Waals surface area contributed by atoms with E-state index in [9.17, 15) is 13.2 Å². The van der Waals surface area contributed by atoms with E-state index >= 15 is 0 Å². The average molecular weight is 395 g/mol. The van der Waals surface area contributed by atoms with Crippen molar-refractivity contribution in [1.29, 1.82) is 0 Å². The van der Waals surface area contributed by atoms with E-state index in [2.05, 4.69) is 0 Å². The number of thioether (sulfide) groups is 1. The summed E-state index contributed by atoms with van der Waals surface area (Å²) in [5.74, 6) is -0.688. The molecule has 1 aliphatic heterocycles. The molecule has 0 bridgehead atoms. The second-order valence-electron chi connectivity index (χ2n) is 3.85. The summed E-state index contributed by atoms with van der Waals surface area (Å²) in [6.45, 7) is 0. The number of hydrogen-bond donors (Lipinski definition) is 0. The summed E-state index contributed by atoms with van der Waals surface area (Å²) in [6.07, 6.45) is 0. The average Bonchev–Trinajstić information content (AvgIpc) is 2.72. The van der Waals surface area contributed by atoms with Crippen molar-refractivity contribution >= 4 is 74.1 Å².